The van der Waals surface area contributed by atoms with Crippen LogP contribution in [0.25, 0.3) is 0 Å². The maximum atomic E-state index is 5.71. The standard InChI is InChI=1S/C10H20N2OS/c1-4-8(10(11)14)12(3)9-5-6-13-7(9)2/h7-9H,4-6H2,1-3H3,(H2,11,14). The topological polar surface area (TPSA) is 38.5 Å². The summed E-state index contributed by atoms with van der Waals surface area (Å²) in [4.78, 5) is 2.86. The summed E-state index contributed by atoms with van der Waals surface area (Å²) in [6.45, 7) is 5.07. The Morgan fingerprint density at radius 2 is 2.36 bits per heavy atom. The maximum Gasteiger partial charge on any atom is 0.0901 e. The second-order valence-electron chi connectivity index (χ2n) is 3.92. The van der Waals surface area contributed by atoms with Crippen molar-refractivity contribution in [3.05, 3.63) is 0 Å². The number of hydrogen-bond donors (Lipinski definition) is 1. The minimum atomic E-state index is 0.208. The number of likely N-dealkylation sites (N-methyl/N-ethyl adjacent to an activating group) is 1. The van der Waals surface area contributed by atoms with Gasteiger partial charge in [0.1, 0.15) is 0 Å². The Labute approximate surface area is 91.6 Å². The van der Waals surface area contributed by atoms with Crippen LogP contribution in [-0.2, 0) is 4.74 Å². The average molecular weight is 216 g/mol. The molecule has 2 N–H and O–H groups in total. The predicted molar refractivity (Wildman–Crippen MR) is 62.4 cm³/mol. The van der Waals surface area contributed by atoms with Gasteiger partial charge in [-0.1, -0.05) is 19.1 Å². The molecule has 1 aliphatic rings. The molecule has 0 saturated carbocycles. The number of nitrogens with zero attached hydrogens (tertiary/aromatic N) is 1. The molecule has 14 heavy (non-hydrogen) atoms. The molecule has 1 saturated heterocycles. The summed E-state index contributed by atoms with van der Waals surface area (Å²) in [6.07, 6.45) is 2.34. The van der Waals surface area contributed by atoms with E-state index in [9.17, 15) is 0 Å². The van der Waals surface area contributed by atoms with Gasteiger partial charge in [0.25, 0.3) is 0 Å². The molecule has 0 aromatic rings. The molecule has 1 aliphatic heterocycles. The molecule has 1 fully saturated rings. The third kappa shape index (κ3) is 2.43. The Morgan fingerprint density at radius 3 is 2.71 bits per heavy atom. The van der Waals surface area contributed by atoms with Gasteiger partial charge >= 0.3 is 0 Å². The average Bonchev–Trinajstić information content (AvgIpc) is 2.51. The largest absolute Gasteiger partial charge is 0.392 e. The summed E-state index contributed by atoms with van der Waals surface area (Å²) in [7, 11) is 2.09. The first-order valence-electron chi connectivity index (χ1n) is 5.20. The van der Waals surface area contributed by atoms with Gasteiger partial charge in [-0.3, -0.25) is 4.90 Å². The zero-order valence-corrected chi connectivity index (χ0v) is 10.0. The minimum Gasteiger partial charge on any atom is -0.392 e. The lowest BCUT2D eigenvalue weighted by atomic mass is 10.1. The number of nitrogens with two attached hydrogens (primary N) is 1. The highest BCUT2D eigenvalue weighted by molar-refractivity contribution is 7.80. The van der Waals surface area contributed by atoms with Crippen LogP contribution in [0.4, 0.5) is 0 Å². The molecule has 0 spiro atoms. The SMILES string of the molecule is CCC(C(N)=S)N(C)C1CCOC1C. The van der Waals surface area contributed by atoms with E-state index in [2.05, 4.69) is 25.8 Å². The van der Waals surface area contributed by atoms with Crippen LogP contribution >= 0.6 is 12.2 Å². The molecule has 0 amide bonds. The summed E-state index contributed by atoms with van der Waals surface area (Å²) in [6, 6.07) is 0.667. The van der Waals surface area contributed by atoms with E-state index < -0.39 is 0 Å². The lowest BCUT2D eigenvalue weighted by Crippen LogP contribution is -2.48. The van der Waals surface area contributed by atoms with Crippen LogP contribution in [-0.4, -0.2) is 41.7 Å². The van der Waals surface area contributed by atoms with Gasteiger partial charge in [0.15, 0.2) is 0 Å². The highest BCUT2D eigenvalue weighted by Gasteiger charge is 2.31. The van der Waals surface area contributed by atoms with Crippen LogP contribution in [0.15, 0.2) is 0 Å². The van der Waals surface area contributed by atoms with Gasteiger partial charge in [-0.2, -0.15) is 0 Å². The Bertz CT molecular complexity index is 210. The fraction of sp³-hybridized carbons (Fsp3) is 0.900. The van der Waals surface area contributed by atoms with Gasteiger partial charge in [-0.05, 0) is 26.8 Å². The van der Waals surface area contributed by atoms with E-state index >= 15 is 0 Å². The fourth-order valence-corrected chi connectivity index (χ4v) is 2.51. The first-order valence-corrected chi connectivity index (χ1v) is 5.61. The van der Waals surface area contributed by atoms with Crippen molar-refractivity contribution in [2.75, 3.05) is 13.7 Å². The Kier molecular flexibility index (Phi) is 4.29. The van der Waals surface area contributed by atoms with Gasteiger partial charge in [0.05, 0.1) is 17.1 Å². The summed E-state index contributed by atoms with van der Waals surface area (Å²) >= 11 is 5.06. The summed E-state index contributed by atoms with van der Waals surface area (Å²) in [5.74, 6) is 0. The Morgan fingerprint density at radius 1 is 1.71 bits per heavy atom. The van der Waals surface area contributed by atoms with Crippen molar-refractivity contribution in [3.8, 4) is 0 Å². The lowest BCUT2D eigenvalue weighted by Gasteiger charge is -2.33. The van der Waals surface area contributed by atoms with E-state index in [1.165, 1.54) is 0 Å². The Balaban J connectivity index is 2.61. The van der Waals surface area contributed by atoms with Gasteiger partial charge in [-0.15, -0.1) is 0 Å². The number of hydrogen-bond acceptors (Lipinski definition) is 3. The van der Waals surface area contributed by atoms with Gasteiger partial charge < -0.3 is 10.5 Å². The molecule has 0 aromatic heterocycles. The van der Waals surface area contributed by atoms with E-state index in [1.807, 2.05) is 0 Å². The van der Waals surface area contributed by atoms with Gasteiger partial charge in [0.2, 0.25) is 0 Å². The molecule has 1 rings (SSSR count). The van der Waals surface area contributed by atoms with Crippen LogP contribution in [0.2, 0.25) is 0 Å². The zero-order valence-electron chi connectivity index (χ0n) is 9.19. The highest BCUT2D eigenvalue weighted by atomic mass is 32.1. The van der Waals surface area contributed by atoms with Gasteiger partial charge in [-0.25, -0.2) is 0 Å². The normalized spacial score (nSPS) is 29.4. The van der Waals surface area contributed by atoms with Crippen molar-refractivity contribution < 1.29 is 4.74 Å². The molecular weight excluding hydrogens is 196 g/mol. The fourth-order valence-electron chi connectivity index (χ4n) is 2.18. The van der Waals surface area contributed by atoms with Crippen LogP contribution in [0.1, 0.15) is 26.7 Å². The van der Waals surface area contributed by atoms with Crippen molar-refractivity contribution >= 4 is 17.2 Å². The van der Waals surface area contributed by atoms with Gasteiger partial charge in [0, 0.05) is 12.6 Å². The smallest absolute Gasteiger partial charge is 0.0901 e. The molecule has 0 bridgehead atoms. The summed E-state index contributed by atoms with van der Waals surface area (Å²) in [5.41, 5.74) is 5.71. The van der Waals surface area contributed by atoms with Crippen molar-refractivity contribution in [2.24, 2.45) is 5.73 Å². The van der Waals surface area contributed by atoms with Crippen LogP contribution in [0, 0.1) is 0 Å². The molecule has 0 radical (unpaired) electrons. The molecular formula is C10H20N2OS. The van der Waals surface area contributed by atoms with Crippen molar-refractivity contribution in [1.29, 1.82) is 0 Å². The monoisotopic (exact) mass is 216 g/mol. The molecule has 82 valence electrons. The number of ether oxygens (including phenoxy) is 1. The highest BCUT2D eigenvalue weighted by Crippen LogP contribution is 2.21. The number of rotatable bonds is 4. The zero-order chi connectivity index (χ0) is 10.7. The first-order chi connectivity index (χ1) is 6.57. The molecule has 3 atom stereocenters. The molecule has 0 aliphatic carbocycles. The third-order valence-electron chi connectivity index (χ3n) is 3.07. The first kappa shape index (κ1) is 11.9. The van der Waals surface area contributed by atoms with Crippen LogP contribution in [0.5, 0.6) is 0 Å². The Hall–Kier alpha value is -0.190. The summed E-state index contributed by atoms with van der Waals surface area (Å²) < 4.78 is 5.54. The summed E-state index contributed by atoms with van der Waals surface area (Å²) in [5, 5.41) is 0. The number of thiocarbonyl (C=S) groups is 1. The molecule has 3 nitrogen and oxygen atoms in total. The quantitative estimate of drug-likeness (QED) is 0.716. The second kappa shape index (κ2) is 5.05. The second-order valence-corrected chi connectivity index (χ2v) is 4.40. The van der Waals surface area contributed by atoms with Crippen molar-refractivity contribution in [3.63, 3.8) is 0 Å². The minimum absolute atomic E-state index is 0.208. The van der Waals surface area contributed by atoms with E-state index in [0.29, 0.717) is 17.1 Å². The van der Waals surface area contributed by atoms with E-state index in [1.54, 1.807) is 0 Å². The maximum absolute atomic E-state index is 5.71. The van der Waals surface area contributed by atoms with Crippen LogP contribution in [0.3, 0.4) is 0 Å². The molecule has 3 unspecified atom stereocenters. The lowest BCUT2D eigenvalue weighted by molar-refractivity contribution is 0.0772. The van der Waals surface area contributed by atoms with E-state index in [-0.39, 0.29) is 6.04 Å². The van der Waals surface area contributed by atoms with Crippen LogP contribution < -0.4 is 5.73 Å². The van der Waals surface area contributed by atoms with E-state index in [0.717, 1.165) is 19.4 Å². The third-order valence-corrected chi connectivity index (χ3v) is 3.34. The van der Waals surface area contributed by atoms with Crippen molar-refractivity contribution in [1.82, 2.24) is 4.90 Å². The van der Waals surface area contributed by atoms with Crippen molar-refractivity contribution in [2.45, 2.75) is 44.9 Å². The molecule has 1 heterocycles. The molecule has 4 heteroatoms. The predicted octanol–water partition coefficient (Wildman–Crippen LogP) is 1.16. The molecule has 0 aromatic carbocycles. The van der Waals surface area contributed by atoms with E-state index in [4.69, 9.17) is 22.7 Å².